The predicted molar refractivity (Wildman–Crippen MR) is 68.5 cm³/mol. The molecule has 0 atom stereocenters. The zero-order valence-corrected chi connectivity index (χ0v) is 10.2. The van der Waals surface area contributed by atoms with Crippen LogP contribution in [-0.2, 0) is 11.3 Å². The zero-order valence-electron chi connectivity index (χ0n) is 10.2. The number of nitrogens with zero attached hydrogens (tertiary/aromatic N) is 2. The minimum absolute atomic E-state index is 0.0602. The van der Waals surface area contributed by atoms with E-state index in [0.717, 1.165) is 0 Å². The Balaban J connectivity index is 1.90. The molecule has 5 nitrogen and oxygen atoms in total. The number of amides is 1. The molecule has 0 aliphatic carbocycles. The van der Waals surface area contributed by atoms with Crippen molar-refractivity contribution in [1.82, 2.24) is 9.78 Å². The summed E-state index contributed by atoms with van der Waals surface area (Å²) in [6, 6.07) is 9.16. The van der Waals surface area contributed by atoms with Crippen molar-refractivity contribution < 1.29 is 9.53 Å². The minimum atomic E-state index is -0.0602. The molecule has 0 bridgehead atoms. The van der Waals surface area contributed by atoms with Crippen LogP contribution in [0.1, 0.15) is 6.42 Å². The molecular weight excluding hydrogens is 230 g/mol. The molecule has 0 unspecified atom stereocenters. The number of carbonyl (C=O) groups excluding carboxylic acids is 1. The molecule has 2 aromatic rings. The standard InChI is InChI=1S/C13H15N3O2/c1-18-12-6-3-2-5-11(12)15-13(17)7-10-16-9-4-8-14-16/h2-6,8-9H,7,10H2,1H3,(H,15,17). The van der Waals surface area contributed by atoms with Crippen molar-refractivity contribution in [3.8, 4) is 5.75 Å². The number of nitrogens with one attached hydrogen (secondary N) is 1. The van der Waals surface area contributed by atoms with Gasteiger partial charge in [-0.3, -0.25) is 9.48 Å². The summed E-state index contributed by atoms with van der Waals surface area (Å²) in [4.78, 5) is 11.8. The number of aromatic nitrogens is 2. The lowest BCUT2D eigenvalue weighted by Crippen LogP contribution is -2.15. The minimum Gasteiger partial charge on any atom is -0.495 e. The van der Waals surface area contributed by atoms with Crippen LogP contribution in [0.2, 0.25) is 0 Å². The molecule has 2 rings (SSSR count). The number of ether oxygens (including phenoxy) is 1. The van der Waals surface area contributed by atoms with Gasteiger partial charge >= 0.3 is 0 Å². The van der Waals surface area contributed by atoms with Crippen LogP contribution in [0.15, 0.2) is 42.7 Å². The van der Waals surface area contributed by atoms with Gasteiger partial charge in [0, 0.05) is 25.4 Å². The lowest BCUT2D eigenvalue weighted by Gasteiger charge is -2.09. The van der Waals surface area contributed by atoms with Crippen molar-refractivity contribution in [3.63, 3.8) is 0 Å². The molecular formula is C13H15N3O2. The monoisotopic (exact) mass is 245 g/mol. The third kappa shape index (κ3) is 3.10. The Labute approximate surface area is 105 Å². The normalized spacial score (nSPS) is 10.1. The van der Waals surface area contributed by atoms with Crippen LogP contribution in [0.25, 0.3) is 0 Å². The molecule has 1 amide bonds. The van der Waals surface area contributed by atoms with Crippen molar-refractivity contribution in [3.05, 3.63) is 42.7 Å². The van der Waals surface area contributed by atoms with Crippen molar-refractivity contribution in [2.45, 2.75) is 13.0 Å². The fraction of sp³-hybridized carbons (Fsp3) is 0.231. The van der Waals surface area contributed by atoms with E-state index in [0.29, 0.717) is 24.4 Å². The van der Waals surface area contributed by atoms with Gasteiger partial charge in [-0.05, 0) is 18.2 Å². The van der Waals surface area contributed by atoms with Gasteiger partial charge in [-0.25, -0.2) is 0 Å². The van der Waals surface area contributed by atoms with Crippen molar-refractivity contribution >= 4 is 11.6 Å². The van der Waals surface area contributed by atoms with Gasteiger partial charge in [0.25, 0.3) is 0 Å². The van der Waals surface area contributed by atoms with Crippen LogP contribution in [0.5, 0.6) is 5.75 Å². The number of hydrogen-bond acceptors (Lipinski definition) is 3. The lowest BCUT2D eigenvalue weighted by atomic mass is 10.3. The molecule has 0 saturated carbocycles. The van der Waals surface area contributed by atoms with E-state index in [2.05, 4.69) is 10.4 Å². The van der Waals surface area contributed by atoms with Crippen LogP contribution < -0.4 is 10.1 Å². The fourth-order valence-electron chi connectivity index (χ4n) is 1.61. The van der Waals surface area contributed by atoms with Gasteiger partial charge in [0.1, 0.15) is 5.75 Å². The first-order chi connectivity index (χ1) is 8.79. The van der Waals surface area contributed by atoms with E-state index < -0.39 is 0 Å². The van der Waals surface area contributed by atoms with E-state index in [4.69, 9.17) is 4.74 Å². The van der Waals surface area contributed by atoms with Crippen LogP contribution in [0, 0.1) is 0 Å². The van der Waals surface area contributed by atoms with E-state index in [9.17, 15) is 4.79 Å². The number of carbonyl (C=O) groups is 1. The Morgan fingerprint density at radius 1 is 1.39 bits per heavy atom. The van der Waals surface area contributed by atoms with Gasteiger partial charge in [-0.1, -0.05) is 12.1 Å². The summed E-state index contributed by atoms with van der Waals surface area (Å²) in [7, 11) is 1.58. The first-order valence-corrected chi connectivity index (χ1v) is 5.70. The van der Waals surface area contributed by atoms with Gasteiger partial charge in [-0.15, -0.1) is 0 Å². The van der Waals surface area contributed by atoms with E-state index in [1.807, 2.05) is 36.5 Å². The van der Waals surface area contributed by atoms with E-state index in [-0.39, 0.29) is 5.91 Å². The molecule has 5 heteroatoms. The van der Waals surface area contributed by atoms with Crippen LogP contribution in [0.3, 0.4) is 0 Å². The molecule has 0 aliphatic rings. The predicted octanol–water partition coefficient (Wildman–Crippen LogP) is 1.92. The maximum Gasteiger partial charge on any atom is 0.226 e. The number of hydrogen-bond donors (Lipinski definition) is 1. The maximum absolute atomic E-state index is 11.8. The number of benzene rings is 1. The van der Waals surface area contributed by atoms with Gasteiger partial charge in [0.05, 0.1) is 12.8 Å². The highest BCUT2D eigenvalue weighted by molar-refractivity contribution is 5.92. The average Bonchev–Trinajstić information content (AvgIpc) is 2.90. The largest absolute Gasteiger partial charge is 0.495 e. The SMILES string of the molecule is COc1ccccc1NC(=O)CCn1cccn1. The molecule has 1 N–H and O–H groups in total. The molecule has 0 saturated heterocycles. The topological polar surface area (TPSA) is 56.1 Å². The number of anilines is 1. The number of rotatable bonds is 5. The summed E-state index contributed by atoms with van der Waals surface area (Å²) < 4.78 is 6.89. The van der Waals surface area contributed by atoms with E-state index in [1.54, 1.807) is 18.0 Å². The summed E-state index contributed by atoms with van der Waals surface area (Å²) in [6.07, 6.45) is 3.90. The molecule has 1 aromatic carbocycles. The summed E-state index contributed by atoms with van der Waals surface area (Å²) >= 11 is 0. The summed E-state index contributed by atoms with van der Waals surface area (Å²) in [5.74, 6) is 0.597. The molecule has 18 heavy (non-hydrogen) atoms. The highest BCUT2D eigenvalue weighted by Crippen LogP contribution is 2.22. The van der Waals surface area contributed by atoms with E-state index in [1.165, 1.54) is 0 Å². The summed E-state index contributed by atoms with van der Waals surface area (Å²) in [5.41, 5.74) is 0.686. The second-order valence-corrected chi connectivity index (χ2v) is 3.77. The van der Waals surface area contributed by atoms with E-state index >= 15 is 0 Å². The van der Waals surface area contributed by atoms with Crippen LogP contribution in [0.4, 0.5) is 5.69 Å². The number of aryl methyl sites for hydroxylation is 1. The Morgan fingerprint density at radius 3 is 2.94 bits per heavy atom. The first-order valence-electron chi connectivity index (χ1n) is 5.70. The number of methoxy groups -OCH3 is 1. The Morgan fingerprint density at radius 2 is 2.22 bits per heavy atom. The zero-order chi connectivity index (χ0) is 12.8. The van der Waals surface area contributed by atoms with Gasteiger partial charge in [-0.2, -0.15) is 5.10 Å². The Kier molecular flexibility index (Phi) is 3.96. The quantitative estimate of drug-likeness (QED) is 0.875. The maximum atomic E-state index is 11.8. The number of para-hydroxylation sites is 2. The molecule has 1 aromatic heterocycles. The smallest absolute Gasteiger partial charge is 0.226 e. The second kappa shape index (κ2) is 5.86. The highest BCUT2D eigenvalue weighted by Gasteiger charge is 2.06. The third-order valence-electron chi connectivity index (χ3n) is 2.51. The van der Waals surface area contributed by atoms with Crippen molar-refractivity contribution in [2.75, 3.05) is 12.4 Å². The first kappa shape index (κ1) is 12.2. The highest BCUT2D eigenvalue weighted by atomic mass is 16.5. The Hall–Kier alpha value is -2.30. The van der Waals surface area contributed by atoms with Gasteiger partial charge < -0.3 is 10.1 Å². The van der Waals surface area contributed by atoms with Gasteiger partial charge in [0.15, 0.2) is 0 Å². The summed E-state index contributed by atoms with van der Waals surface area (Å²) in [6.45, 7) is 0.563. The second-order valence-electron chi connectivity index (χ2n) is 3.77. The average molecular weight is 245 g/mol. The molecule has 0 aliphatic heterocycles. The Bertz CT molecular complexity index is 509. The third-order valence-corrected chi connectivity index (χ3v) is 2.51. The van der Waals surface area contributed by atoms with Crippen LogP contribution in [-0.4, -0.2) is 22.8 Å². The molecule has 0 radical (unpaired) electrons. The van der Waals surface area contributed by atoms with Crippen LogP contribution >= 0.6 is 0 Å². The molecule has 0 fully saturated rings. The molecule has 0 spiro atoms. The van der Waals surface area contributed by atoms with Gasteiger partial charge in [0.2, 0.25) is 5.91 Å². The van der Waals surface area contributed by atoms with Crippen molar-refractivity contribution in [2.24, 2.45) is 0 Å². The van der Waals surface area contributed by atoms with Crippen molar-refractivity contribution in [1.29, 1.82) is 0 Å². The lowest BCUT2D eigenvalue weighted by molar-refractivity contribution is -0.116. The molecule has 1 heterocycles. The summed E-state index contributed by atoms with van der Waals surface area (Å²) in [5, 5.41) is 6.86. The fourth-order valence-corrected chi connectivity index (χ4v) is 1.61. The molecule has 94 valence electrons.